The number of hydrogen-bond acceptors (Lipinski definition) is 1. The largest absolute Gasteiger partial charge is 0.399 e. The first-order valence-corrected chi connectivity index (χ1v) is 3.73. The summed E-state index contributed by atoms with van der Waals surface area (Å²) in [6.07, 6.45) is 1.92. The van der Waals surface area contributed by atoms with Gasteiger partial charge >= 0.3 is 0 Å². The van der Waals surface area contributed by atoms with Gasteiger partial charge in [0, 0.05) is 5.70 Å². The average Bonchev–Trinajstić information content (AvgIpc) is 2.04. The Labute approximate surface area is 67.5 Å². The second kappa shape index (κ2) is 3.24. The lowest BCUT2D eigenvalue weighted by atomic mass is 10.1. The van der Waals surface area contributed by atoms with Gasteiger partial charge in [-0.3, -0.25) is 0 Å². The molecule has 0 aliphatic carbocycles. The first-order valence-electron chi connectivity index (χ1n) is 3.73. The van der Waals surface area contributed by atoms with Crippen LogP contribution in [-0.2, 0) is 0 Å². The van der Waals surface area contributed by atoms with Crippen molar-refractivity contribution < 1.29 is 0 Å². The average molecular weight is 147 g/mol. The van der Waals surface area contributed by atoms with Crippen LogP contribution >= 0.6 is 0 Å². The molecule has 0 unspecified atom stereocenters. The highest BCUT2D eigenvalue weighted by Crippen LogP contribution is 2.12. The normalized spacial score (nSPS) is 11.6. The molecule has 1 heteroatoms. The Balaban J connectivity index is 3.14. The molecule has 0 aliphatic rings. The van der Waals surface area contributed by atoms with Crippen molar-refractivity contribution in [2.45, 2.75) is 13.8 Å². The van der Waals surface area contributed by atoms with Crippen LogP contribution in [0.2, 0.25) is 0 Å². The third kappa shape index (κ3) is 1.61. The minimum absolute atomic E-state index is 0.850. The maximum Gasteiger partial charge on any atom is 0.0346 e. The number of allylic oxidation sites excluding steroid dienone is 1. The van der Waals surface area contributed by atoms with E-state index in [9.17, 15) is 0 Å². The minimum atomic E-state index is 0.850. The minimum Gasteiger partial charge on any atom is -0.399 e. The van der Waals surface area contributed by atoms with Crippen LogP contribution in [0.25, 0.3) is 5.70 Å². The molecule has 0 bridgehead atoms. The number of hydrogen-bond donors (Lipinski definition) is 1. The second-order valence-electron chi connectivity index (χ2n) is 2.56. The van der Waals surface area contributed by atoms with E-state index >= 15 is 0 Å². The lowest BCUT2D eigenvalue weighted by Gasteiger charge is -2.03. The molecule has 0 saturated carbocycles. The van der Waals surface area contributed by atoms with Gasteiger partial charge < -0.3 is 5.73 Å². The van der Waals surface area contributed by atoms with Gasteiger partial charge in [-0.1, -0.05) is 30.3 Å². The number of benzene rings is 1. The van der Waals surface area contributed by atoms with E-state index in [0.29, 0.717) is 0 Å². The Hall–Kier alpha value is -1.24. The fraction of sp³-hybridized carbons (Fsp3) is 0.200. The van der Waals surface area contributed by atoms with E-state index in [1.807, 2.05) is 31.2 Å². The number of nitrogens with two attached hydrogens (primary N) is 1. The van der Waals surface area contributed by atoms with Crippen molar-refractivity contribution in [3.8, 4) is 0 Å². The molecule has 1 aromatic carbocycles. The van der Waals surface area contributed by atoms with Gasteiger partial charge in [0.25, 0.3) is 0 Å². The summed E-state index contributed by atoms with van der Waals surface area (Å²) in [6.45, 7) is 4.01. The topological polar surface area (TPSA) is 26.0 Å². The van der Waals surface area contributed by atoms with E-state index < -0.39 is 0 Å². The Kier molecular flexibility index (Phi) is 2.32. The summed E-state index contributed by atoms with van der Waals surface area (Å²) >= 11 is 0. The predicted molar refractivity (Wildman–Crippen MR) is 49.0 cm³/mol. The zero-order chi connectivity index (χ0) is 8.27. The maximum absolute atomic E-state index is 5.76. The fourth-order valence-corrected chi connectivity index (χ4v) is 1.05. The standard InChI is InChI=1S/C10H13N/c1-3-10(11)9-7-5-4-6-8(9)2/h3-7H,11H2,1-2H3/b10-3+. The lowest BCUT2D eigenvalue weighted by molar-refractivity contribution is 1.38. The quantitative estimate of drug-likeness (QED) is 0.648. The van der Waals surface area contributed by atoms with Gasteiger partial charge in [0.1, 0.15) is 0 Å². The highest BCUT2D eigenvalue weighted by molar-refractivity contribution is 5.64. The van der Waals surface area contributed by atoms with Crippen molar-refractivity contribution in [1.29, 1.82) is 0 Å². The molecule has 2 N–H and O–H groups in total. The molecule has 0 aromatic heterocycles. The smallest absolute Gasteiger partial charge is 0.0346 e. The molecule has 0 radical (unpaired) electrons. The Morgan fingerprint density at radius 2 is 2.00 bits per heavy atom. The van der Waals surface area contributed by atoms with Crippen LogP contribution in [0.4, 0.5) is 0 Å². The van der Waals surface area contributed by atoms with E-state index in [1.165, 1.54) is 5.56 Å². The van der Waals surface area contributed by atoms with Gasteiger partial charge in [-0.15, -0.1) is 0 Å². The highest BCUT2D eigenvalue weighted by atomic mass is 14.6. The number of rotatable bonds is 1. The van der Waals surface area contributed by atoms with Crippen molar-refractivity contribution in [3.05, 3.63) is 41.5 Å². The molecule has 0 spiro atoms. The van der Waals surface area contributed by atoms with Gasteiger partial charge in [-0.05, 0) is 25.0 Å². The van der Waals surface area contributed by atoms with Crippen molar-refractivity contribution in [2.24, 2.45) is 5.73 Å². The second-order valence-corrected chi connectivity index (χ2v) is 2.56. The van der Waals surface area contributed by atoms with Crippen molar-refractivity contribution in [2.75, 3.05) is 0 Å². The molecule has 1 rings (SSSR count). The van der Waals surface area contributed by atoms with Crippen LogP contribution in [0.15, 0.2) is 30.3 Å². The van der Waals surface area contributed by atoms with Gasteiger partial charge in [0.2, 0.25) is 0 Å². The van der Waals surface area contributed by atoms with E-state index in [0.717, 1.165) is 11.3 Å². The van der Waals surface area contributed by atoms with E-state index in [4.69, 9.17) is 5.73 Å². The zero-order valence-electron chi connectivity index (χ0n) is 6.96. The summed E-state index contributed by atoms with van der Waals surface area (Å²) in [5, 5.41) is 0. The summed E-state index contributed by atoms with van der Waals surface area (Å²) < 4.78 is 0. The molecule has 0 saturated heterocycles. The van der Waals surface area contributed by atoms with E-state index in [2.05, 4.69) is 13.0 Å². The lowest BCUT2D eigenvalue weighted by Crippen LogP contribution is -1.97. The maximum atomic E-state index is 5.76. The molecule has 0 amide bonds. The number of aryl methyl sites for hydroxylation is 1. The first-order chi connectivity index (χ1) is 5.25. The van der Waals surface area contributed by atoms with Gasteiger partial charge in [0.05, 0.1) is 0 Å². The van der Waals surface area contributed by atoms with Gasteiger partial charge in [-0.2, -0.15) is 0 Å². The molecule has 0 atom stereocenters. The molecule has 58 valence electrons. The van der Waals surface area contributed by atoms with Crippen molar-refractivity contribution >= 4 is 5.70 Å². The Morgan fingerprint density at radius 3 is 2.55 bits per heavy atom. The summed E-state index contributed by atoms with van der Waals surface area (Å²) in [7, 11) is 0. The molecular formula is C10H13N. The SMILES string of the molecule is C/C=C(/N)c1ccccc1C. The molecule has 0 heterocycles. The van der Waals surface area contributed by atoms with Crippen LogP contribution in [0.3, 0.4) is 0 Å². The molecule has 0 aliphatic heterocycles. The monoisotopic (exact) mass is 147 g/mol. The van der Waals surface area contributed by atoms with Crippen LogP contribution in [0, 0.1) is 6.92 Å². The van der Waals surface area contributed by atoms with Gasteiger partial charge in [-0.25, -0.2) is 0 Å². The predicted octanol–water partition coefficient (Wildman–Crippen LogP) is 2.31. The Bertz CT molecular complexity index is 274. The van der Waals surface area contributed by atoms with Crippen LogP contribution < -0.4 is 5.73 Å². The third-order valence-electron chi connectivity index (χ3n) is 1.77. The fourth-order valence-electron chi connectivity index (χ4n) is 1.05. The molecular weight excluding hydrogens is 134 g/mol. The summed E-state index contributed by atoms with van der Waals surface area (Å²) in [4.78, 5) is 0. The van der Waals surface area contributed by atoms with E-state index in [-0.39, 0.29) is 0 Å². The Morgan fingerprint density at radius 1 is 1.36 bits per heavy atom. The van der Waals surface area contributed by atoms with Crippen molar-refractivity contribution in [1.82, 2.24) is 0 Å². The first kappa shape index (κ1) is 7.86. The molecule has 1 aromatic rings. The molecule has 11 heavy (non-hydrogen) atoms. The summed E-state index contributed by atoms with van der Waals surface area (Å²) in [5.74, 6) is 0. The van der Waals surface area contributed by atoms with Crippen molar-refractivity contribution in [3.63, 3.8) is 0 Å². The van der Waals surface area contributed by atoms with Crippen LogP contribution in [0.1, 0.15) is 18.1 Å². The van der Waals surface area contributed by atoms with E-state index in [1.54, 1.807) is 0 Å². The van der Waals surface area contributed by atoms with Gasteiger partial charge in [0.15, 0.2) is 0 Å². The molecule has 1 nitrogen and oxygen atoms in total. The molecule has 0 fully saturated rings. The zero-order valence-corrected chi connectivity index (χ0v) is 6.96. The third-order valence-corrected chi connectivity index (χ3v) is 1.77. The van der Waals surface area contributed by atoms with Crippen LogP contribution in [-0.4, -0.2) is 0 Å². The highest BCUT2D eigenvalue weighted by Gasteiger charge is 1.96. The summed E-state index contributed by atoms with van der Waals surface area (Å²) in [6, 6.07) is 8.11. The van der Waals surface area contributed by atoms with Crippen LogP contribution in [0.5, 0.6) is 0 Å². The summed E-state index contributed by atoms with van der Waals surface area (Å²) in [5.41, 5.74) is 8.97.